The van der Waals surface area contributed by atoms with Crippen molar-refractivity contribution in [2.24, 2.45) is 0 Å². The molecule has 1 amide bonds. The molecular formula is C13H18N2O4S2. The molecule has 6 nitrogen and oxygen atoms in total. The third-order valence-electron chi connectivity index (χ3n) is 3.77. The van der Waals surface area contributed by atoms with Crippen molar-refractivity contribution in [1.82, 2.24) is 9.21 Å². The van der Waals surface area contributed by atoms with Crippen LogP contribution in [-0.2, 0) is 19.6 Å². The average Bonchev–Trinajstić information content (AvgIpc) is 3.23. The van der Waals surface area contributed by atoms with Gasteiger partial charge in [-0.25, -0.2) is 8.42 Å². The van der Waals surface area contributed by atoms with Crippen molar-refractivity contribution in [3.63, 3.8) is 0 Å². The molecule has 1 unspecified atom stereocenters. The monoisotopic (exact) mass is 330 g/mol. The van der Waals surface area contributed by atoms with E-state index >= 15 is 0 Å². The maximum absolute atomic E-state index is 12.6. The molecule has 0 spiro atoms. The van der Waals surface area contributed by atoms with Crippen LogP contribution in [0.25, 0.3) is 0 Å². The summed E-state index contributed by atoms with van der Waals surface area (Å²) >= 11 is 1.49. The van der Waals surface area contributed by atoms with Crippen molar-refractivity contribution in [2.75, 3.05) is 32.8 Å². The highest BCUT2D eigenvalue weighted by Crippen LogP contribution is 2.28. The normalized spacial score (nSPS) is 23.3. The lowest BCUT2D eigenvalue weighted by atomic mass is 10.3. The Kier molecular flexibility index (Phi) is 3.81. The molecule has 3 heterocycles. The molecule has 0 N–H and O–H groups in total. The van der Waals surface area contributed by atoms with Crippen LogP contribution in [0.2, 0.25) is 0 Å². The van der Waals surface area contributed by atoms with Crippen LogP contribution in [-0.4, -0.2) is 62.4 Å². The number of piperazine rings is 1. The molecule has 8 heteroatoms. The largest absolute Gasteiger partial charge is 0.363 e. The average molecular weight is 330 g/mol. The maximum Gasteiger partial charge on any atom is 0.254 e. The predicted molar refractivity (Wildman–Crippen MR) is 78.9 cm³/mol. The van der Waals surface area contributed by atoms with Crippen LogP contribution >= 0.6 is 11.3 Å². The van der Waals surface area contributed by atoms with E-state index in [1.54, 1.807) is 11.0 Å². The highest BCUT2D eigenvalue weighted by Gasteiger charge is 2.38. The van der Waals surface area contributed by atoms with Gasteiger partial charge in [0, 0.05) is 35.9 Å². The van der Waals surface area contributed by atoms with Gasteiger partial charge < -0.3 is 9.64 Å². The Balaban J connectivity index is 1.71. The lowest BCUT2D eigenvalue weighted by Crippen LogP contribution is -2.51. The Bertz CT molecular complexity index is 656. The van der Waals surface area contributed by atoms with Gasteiger partial charge in [0.15, 0.2) is 6.10 Å². The second-order valence-corrected chi connectivity index (χ2v) is 8.70. The quantitative estimate of drug-likeness (QED) is 0.761. The van der Waals surface area contributed by atoms with E-state index in [2.05, 4.69) is 0 Å². The zero-order valence-corrected chi connectivity index (χ0v) is 13.7. The second-order valence-electron chi connectivity index (χ2n) is 5.33. The van der Waals surface area contributed by atoms with Crippen molar-refractivity contribution in [3.05, 3.63) is 15.8 Å². The molecule has 0 saturated carbocycles. The zero-order chi connectivity index (χ0) is 15.2. The van der Waals surface area contributed by atoms with E-state index in [4.69, 9.17) is 4.74 Å². The summed E-state index contributed by atoms with van der Waals surface area (Å²) in [7, 11) is -3.45. The van der Waals surface area contributed by atoms with Gasteiger partial charge in [0.05, 0.1) is 11.5 Å². The van der Waals surface area contributed by atoms with Gasteiger partial charge in [-0.1, -0.05) is 0 Å². The fraction of sp³-hybridized carbons (Fsp3) is 0.615. The Morgan fingerprint density at radius 3 is 2.38 bits per heavy atom. The van der Waals surface area contributed by atoms with Gasteiger partial charge in [0.2, 0.25) is 10.0 Å². The first-order valence-corrected chi connectivity index (χ1v) is 9.13. The molecule has 116 valence electrons. The number of nitrogens with zero attached hydrogens (tertiary/aromatic N) is 2. The number of rotatable bonds is 3. The lowest BCUT2D eigenvalue weighted by Gasteiger charge is -2.33. The molecule has 1 aromatic rings. The molecule has 0 aromatic carbocycles. The van der Waals surface area contributed by atoms with Crippen LogP contribution in [0.1, 0.15) is 9.75 Å². The van der Waals surface area contributed by atoms with E-state index in [9.17, 15) is 13.2 Å². The number of carbonyl (C=O) groups excluding carboxylic acids is 1. The van der Waals surface area contributed by atoms with Gasteiger partial charge in [0.25, 0.3) is 5.91 Å². The minimum absolute atomic E-state index is 0.0189. The molecule has 2 aliphatic rings. The van der Waals surface area contributed by atoms with Crippen LogP contribution in [0.5, 0.6) is 0 Å². The van der Waals surface area contributed by atoms with Crippen LogP contribution in [0.3, 0.4) is 0 Å². The summed E-state index contributed by atoms with van der Waals surface area (Å²) in [4.78, 5) is 15.8. The molecule has 2 aliphatic heterocycles. The first kappa shape index (κ1) is 15.0. The third-order valence-corrected chi connectivity index (χ3v) is 6.89. The number of hydrogen-bond donors (Lipinski definition) is 0. The number of aryl methyl sites for hydroxylation is 2. The SMILES string of the molecule is Cc1cc(S(=O)(=O)N2CCN(C(=O)C3CO3)CC2)c(C)s1. The van der Waals surface area contributed by atoms with E-state index in [-0.39, 0.29) is 12.0 Å². The van der Waals surface area contributed by atoms with Crippen LogP contribution in [0, 0.1) is 13.8 Å². The fourth-order valence-corrected chi connectivity index (χ4v) is 5.49. The first-order chi connectivity index (χ1) is 9.89. The Labute approximate surface area is 128 Å². The van der Waals surface area contributed by atoms with Gasteiger partial charge in [-0.15, -0.1) is 11.3 Å². The summed E-state index contributed by atoms with van der Waals surface area (Å²) in [6, 6.07) is 1.73. The highest BCUT2D eigenvalue weighted by atomic mass is 32.2. The number of thiophene rings is 1. The number of epoxide rings is 1. The summed E-state index contributed by atoms with van der Waals surface area (Å²) in [5.41, 5.74) is 0. The second kappa shape index (κ2) is 5.35. The molecule has 21 heavy (non-hydrogen) atoms. The number of amides is 1. The van der Waals surface area contributed by atoms with E-state index in [0.29, 0.717) is 37.7 Å². The van der Waals surface area contributed by atoms with E-state index in [0.717, 1.165) is 9.75 Å². The predicted octanol–water partition coefficient (Wildman–Crippen LogP) is 0.597. The third kappa shape index (κ3) is 2.85. The fourth-order valence-electron chi connectivity index (χ4n) is 2.55. The standard InChI is InChI=1S/C13H18N2O4S2/c1-9-7-12(10(2)20-9)21(17,18)15-5-3-14(4-6-15)13(16)11-8-19-11/h7,11H,3-6,8H2,1-2H3. The number of hydrogen-bond acceptors (Lipinski definition) is 5. The van der Waals surface area contributed by atoms with Crippen molar-refractivity contribution in [2.45, 2.75) is 24.8 Å². The van der Waals surface area contributed by atoms with Crippen molar-refractivity contribution in [3.8, 4) is 0 Å². The van der Waals surface area contributed by atoms with E-state index in [1.165, 1.54) is 15.6 Å². The molecule has 0 aliphatic carbocycles. The van der Waals surface area contributed by atoms with Crippen molar-refractivity contribution < 1.29 is 17.9 Å². The molecule has 0 radical (unpaired) electrons. The summed E-state index contributed by atoms with van der Waals surface area (Å²) in [5.74, 6) is -0.0189. The summed E-state index contributed by atoms with van der Waals surface area (Å²) in [6.45, 7) is 5.77. The lowest BCUT2D eigenvalue weighted by molar-refractivity contribution is -0.133. The molecule has 1 atom stereocenters. The molecule has 1 aromatic heterocycles. The molecule has 2 fully saturated rings. The minimum atomic E-state index is -3.45. The number of ether oxygens (including phenoxy) is 1. The first-order valence-electron chi connectivity index (χ1n) is 6.87. The van der Waals surface area contributed by atoms with Crippen LogP contribution in [0.4, 0.5) is 0 Å². The summed E-state index contributed by atoms with van der Waals surface area (Å²) in [5, 5.41) is 0. The van der Waals surface area contributed by atoms with E-state index < -0.39 is 10.0 Å². The van der Waals surface area contributed by atoms with Gasteiger partial charge >= 0.3 is 0 Å². The van der Waals surface area contributed by atoms with Crippen molar-refractivity contribution in [1.29, 1.82) is 0 Å². The van der Waals surface area contributed by atoms with Gasteiger partial charge in [-0.2, -0.15) is 4.31 Å². The van der Waals surface area contributed by atoms with Gasteiger partial charge in [-0.05, 0) is 19.9 Å². The van der Waals surface area contributed by atoms with Crippen LogP contribution < -0.4 is 0 Å². The maximum atomic E-state index is 12.6. The Hall–Kier alpha value is -0.960. The van der Waals surface area contributed by atoms with Gasteiger partial charge in [0.1, 0.15) is 0 Å². The van der Waals surface area contributed by atoms with Crippen LogP contribution in [0.15, 0.2) is 11.0 Å². The van der Waals surface area contributed by atoms with E-state index in [1.807, 2.05) is 13.8 Å². The van der Waals surface area contributed by atoms with Gasteiger partial charge in [-0.3, -0.25) is 4.79 Å². The van der Waals surface area contributed by atoms with Crippen molar-refractivity contribution >= 4 is 27.3 Å². The molecule has 3 rings (SSSR count). The Morgan fingerprint density at radius 1 is 1.29 bits per heavy atom. The number of carbonyl (C=O) groups is 1. The smallest absolute Gasteiger partial charge is 0.254 e. The number of sulfonamides is 1. The summed E-state index contributed by atoms with van der Waals surface area (Å²) in [6.07, 6.45) is -0.296. The topological polar surface area (TPSA) is 70.2 Å². The molecule has 0 bridgehead atoms. The zero-order valence-electron chi connectivity index (χ0n) is 12.0. The summed E-state index contributed by atoms with van der Waals surface area (Å²) < 4.78 is 31.8. The highest BCUT2D eigenvalue weighted by molar-refractivity contribution is 7.89. The Morgan fingerprint density at radius 2 is 1.90 bits per heavy atom. The minimum Gasteiger partial charge on any atom is -0.363 e. The molecular weight excluding hydrogens is 312 g/mol. The molecule has 2 saturated heterocycles.